The van der Waals surface area contributed by atoms with E-state index in [0.29, 0.717) is 10.7 Å². The largest absolute Gasteiger partial charge is 0.349 e. The van der Waals surface area contributed by atoms with Crippen molar-refractivity contribution in [2.75, 3.05) is 0 Å². The summed E-state index contributed by atoms with van der Waals surface area (Å²) in [5.74, 6) is 0. The van der Waals surface area contributed by atoms with E-state index in [4.69, 9.17) is 4.98 Å². The normalized spacial score (nSPS) is 12.5. The number of para-hydroxylation sites is 1. The zero-order chi connectivity index (χ0) is 21.5. The summed E-state index contributed by atoms with van der Waals surface area (Å²) in [5, 5.41) is 1.82. The second kappa shape index (κ2) is 7.75. The fraction of sp³-hybridized carbons (Fsp3) is 0.154. The van der Waals surface area contributed by atoms with Gasteiger partial charge in [0.25, 0.3) is 5.56 Å². The number of aromatic nitrogens is 3. The molecule has 0 radical (unpaired) electrons. The maximum atomic E-state index is 13.8. The van der Waals surface area contributed by atoms with E-state index in [1.54, 1.807) is 16.3 Å². The highest BCUT2D eigenvalue weighted by atomic mass is 32.2. The van der Waals surface area contributed by atoms with Crippen molar-refractivity contribution in [2.45, 2.75) is 31.2 Å². The monoisotopic (exact) mass is 425 g/mol. The van der Waals surface area contributed by atoms with E-state index in [0.717, 1.165) is 33.2 Å². The highest BCUT2D eigenvalue weighted by molar-refractivity contribution is 7.99. The Morgan fingerprint density at radius 2 is 1.68 bits per heavy atom. The van der Waals surface area contributed by atoms with Crippen LogP contribution >= 0.6 is 11.8 Å². The van der Waals surface area contributed by atoms with Gasteiger partial charge in [-0.05, 0) is 49.6 Å². The first-order valence-electron chi connectivity index (χ1n) is 10.4. The molecule has 0 amide bonds. The maximum Gasteiger partial charge on any atom is 0.283 e. The molecule has 1 unspecified atom stereocenters. The van der Waals surface area contributed by atoms with E-state index >= 15 is 0 Å². The van der Waals surface area contributed by atoms with Gasteiger partial charge in [-0.3, -0.25) is 9.36 Å². The van der Waals surface area contributed by atoms with Crippen LogP contribution in [0.15, 0.2) is 82.7 Å². The van der Waals surface area contributed by atoms with E-state index in [2.05, 4.69) is 44.0 Å². The van der Waals surface area contributed by atoms with E-state index in [-0.39, 0.29) is 10.8 Å². The zero-order valence-electron chi connectivity index (χ0n) is 17.7. The molecular formula is C26H23N3OS. The van der Waals surface area contributed by atoms with Crippen LogP contribution in [0, 0.1) is 13.8 Å². The molecule has 0 fully saturated rings. The molecule has 0 spiro atoms. The summed E-state index contributed by atoms with van der Waals surface area (Å²) in [4.78, 5) is 22.1. The van der Waals surface area contributed by atoms with Gasteiger partial charge in [-0.1, -0.05) is 72.4 Å². The van der Waals surface area contributed by atoms with E-state index in [1.807, 2.05) is 54.6 Å². The van der Waals surface area contributed by atoms with E-state index < -0.39 is 0 Å². The average Bonchev–Trinajstić information content (AvgIpc) is 3.16. The van der Waals surface area contributed by atoms with Crippen LogP contribution < -0.4 is 5.56 Å². The maximum absolute atomic E-state index is 13.8. The molecule has 0 aliphatic carbocycles. The molecular weight excluding hydrogens is 402 g/mol. The summed E-state index contributed by atoms with van der Waals surface area (Å²) in [6.07, 6.45) is 0. The van der Waals surface area contributed by atoms with Crippen molar-refractivity contribution >= 4 is 33.7 Å². The fourth-order valence-electron chi connectivity index (χ4n) is 3.96. The number of hydrogen-bond donors (Lipinski definition) is 1. The van der Waals surface area contributed by atoms with Crippen LogP contribution in [-0.2, 0) is 0 Å². The van der Waals surface area contributed by atoms with Gasteiger partial charge in [-0.25, -0.2) is 4.98 Å². The van der Waals surface area contributed by atoms with Gasteiger partial charge in [0.05, 0.1) is 5.69 Å². The van der Waals surface area contributed by atoms with Crippen LogP contribution in [0.2, 0.25) is 0 Å². The van der Waals surface area contributed by atoms with Crippen LogP contribution in [0.5, 0.6) is 0 Å². The molecule has 154 valence electrons. The molecule has 0 bridgehead atoms. The van der Waals surface area contributed by atoms with Gasteiger partial charge in [-0.2, -0.15) is 0 Å². The smallest absolute Gasteiger partial charge is 0.283 e. The molecule has 3 aromatic carbocycles. The van der Waals surface area contributed by atoms with Crippen molar-refractivity contribution in [1.82, 2.24) is 14.5 Å². The van der Waals surface area contributed by atoms with Gasteiger partial charge in [0, 0.05) is 16.2 Å². The Hall–Kier alpha value is -3.31. The van der Waals surface area contributed by atoms with Crippen molar-refractivity contribution < 1.29 is 0 Å². The summed E-state index contributed by atoms with van der Waals surface area (Å²) >= 11 is 1.61. The van der Waals surface area contributed by atoms with Gasteiger partial charge in [0.1, 0.15) is 11.0 Å². The summed E-state index contributed by atoms with van der Waals surface area (Å²) in [6, 6.07) is 24.3. The van der Waals surface area contributed by atoms with Crippen molar-refractivity contribution in [3.05, 3.63) is 99.8 Å². The second-order valence-corrected chi connectivity index (χ2v) is 9.13. The summed E-state index contributed by atoms with van der Waals surface area (Å²) < 4.78 is 1.77. The van der Waals surface area contributed by atoms with Gasteiger partial charge in [-0.15, -0.1) is 0 Å². The number of benzene rings is 3. The Labute approximate surface area is 185 Å². The lowest BCUT2D eigenvalue weighted by Crippen LogP contribution is -2.23. The number of nitrogens with one attached hydrogen (secondary N) is 1. The predicted octanol–water partition coefficient (Wildman–Crippen LogP) is 6.34. The summed E-state index contributed by atoms with van der Waals surface area (Å²) in [6.45, 7) is 6.28. The number of aryl methyl sites for hydroxylation is 1. The van der Waals surface area contributed by atoms with Crippen LogP contribution in [0.1, 0.15) is 28.9 Å². The molecule has 1 atom stereocenters. The van der Waals surface area contributed by atoms with Gasteiger partial charge >= 0.3 is 0 Å². The fourth-order valence-corrected chi connectivity index (χ4v) is 5.00. The lowest BCUT2D eigenvalue weighted by Gasteiger charge is -2.18. The third kappa shape index (κ3) is 3.35. The molecule has 4 nitrogen and oxygen atoms in total. The first-order valence-corrected chi connectivity index (χ1v) is 11.2. The minimum absolute atomic E-state index is 0.0716. The molecule has 0 saturated carbocycles. The van der Waals surface area contributed by atoms with Crippen molar-refractivity contribution in [2.24, 2.45) is 0 Å². The van der Waals surface area contributed by atoms with Crippen LogP contribution in [-0.4, -0.2) is 14.5 Å². The number of H-pyrrole nitrogens is 1. The Balaban J connectivity index is 1.79. The van der Waals surface area contributed by atoms with Crippen molar-refractivity contribution in [3.63, 3.8) is 0 Å². The molecule has 5 rings (SSSR count). The van der Waals surface area contributed by atoms with Gasteiger partial charge < -0.3 is 4.98 Å². The second-order valence-electron chi connectivity index (χ2n) is 7.82. The van der Waals surface area contributed by atoms with Crippen molar-refractivity contribution in [3.8, 4) is 5.69 Å². The molecule has 0 aliphatic heterocycles. The molecule has 1 N–H and O–H groups in total. The topological polar surface area (TPSA) is 50.7 Å². The molecule has 31 heavy (non-hydrogen) atoms. The molecule has 0 aliphatic rings. The number of nitrogens with zero attached hydrogens (tertiary/aromatic N) is 2. The van der Waals surface area contributed by atoms with Crippen molar-refractivity contribution in [1.29, 1.82) is 0 Å². The number of thioether (sulfide) groups is 1. The highest BCUT2D eigenvalue weighted by Gasteiger charge is 2.20. The van der Waals surface area contributed by atoms with Crippen LogP contribution in [0.4, 0.5) is 0 Å². The molecule has 5 heteroatoms. The van der Waals surface area contributed by atoms with E-state index in [1.165, 1.54) is 5.56 Å². The highest BCUT2D eigenvalue weighted by Crippen LogP contribution is 2.36. The lowest BCUT2D eigenvalue weighted by atomic mass is 10.1. The quantitative estimate of drug-likeness (QED) is 0.270. The molecule has 2 aromatic heterocycles. The minimum atomic E-state index is -0.0716. The third-order valence-corrected chi connectivity index (χ3v) is 6.97. The van der Waals surface area contributed by atoms with Gasteiger partial charge in [0.2, 0.25) is 0 Å². The number of aromatic amines is 1. The summed E-state index contributed by atoms with van der Waals surface area (Å²) in [7, 11) is 0. The Kier molecular flexibility index (Phi) is 4.91. The van der Waals surface area contributed by atoms with Crippen LogP contribution in [0.3, 0.4) is 0 Å². The summed E-state index contributed by atoms with van der Waals surface area (Å²) in [5.41, 5.74) is 6.42. The third-order valence-electron chi connectivity index (χ3n) is 5.86. The Bertz CT molecular complexity index is 1470. The predicted molar refractivity (Wildman–Crippen MR) is 129 cm³/mol. The van der Waals surface area contributed by atoms with Crippen LogP contribution in [0.25, 0.3) is 27.6 Å². The number of hydrogen-bond acceptors (Lipinski definition) is 3. The number of fused-ring (bicyclic) bond motifs is 3. The first-order chi connectivity index (χ1) is 15.0. The van der Waals surface area contributed by atoms with Gasteiger partial charge in [0.15, 0.2) is 5.16 Å². The Morgan fingerprint density at radius 3 is 2.48 bits per heavy atom. The molecule has 2 heterocycles. The SMILES string of the molecule is Cc1cccc(-n2c(SC(C)c3ccccc3)nc3c([nH]c4ccccc43)c2=O)c1C. The molecule has 5 aromatic rings. The minimum Gasteiger partial charge on any atom is -0.349 e. The Morgan fingerprint density at radius 1 is 0.935 bits per heavy atom. The standard InChI is InChI=1S/C26H23N3OS/c1-16-10-9-15-22(17(16)2)29-25(30)24-23(20-13-7-8-14-21(20)27-24)28-26(29)31-18(3)19-11-5-4-6-12-19/h4-15,18,27H,1-3H3. The zero-order valence-corrected chi connectivity index (χ0v) is 18.5. The molecule has 0 saturated heterocycles. The average molecular weight is 426 g/mol. The lowest BCUT2D eigenvalue weighted by molar-refractivity contribution is 0.808. The first kappa shape index (κ1) is 19.6. The number of rotatable bonds is 4. The van der Waals surface area contributed by atoms with E-state index in [9.17, 15) is 4.79 Å².